The van der Waals surface area contributed by atoms with E-state index in [-0.39, 0.29) is 29.8 Å². The maximum Gasteiger partial charge on any atom is 0.309 e. The molecular weight excluding hydrogens is 290 g/mol. The first-order valence-electron chi connectivity index (χ1n) is 8.46. The van der Waals surface area contributed by atoms with Crippen LogP contribution < -0.4 is 5.32 Å². The molecule has 1 atom stereocenters. The number of esters is 1. The molecule has 1 aliphatic carbocycles. The van der Waals surface area contributed by atoms with Crippen LogP contribution in [0, 0.1) is 17.8 Å². The summed E-state index contributed by atoms with van der Waals surface area (Å²) in [5.74, 6) is 0.462. The third-order valence-electron chi connectivity index (χ3n) is 4.36. The van der Waals surface area contributed by atoms with E-state index in [2.05, 4.69) is 5.32 Å². The second kappa shape index (κ2) is 8.14. The van der Waals surface area contributed by atoms with Crippen molar-refractivity contribution in [2.24, 2.45) is 17.8 Å². The van der Waals surface area contributed by atoms with Gasteiger partial charge in [-0.1, -0.05) is 37.3 Å². The lowest BCUT2D eigenvalue weighted by Crippen LogP contribution is -2.38. The van der Waals surface area contributed by atoms with Crippen LogP contribution in [0.25, 0.3) is 0 Å². The van der Waals surface area contributed by atoms with Crippen molar-refractivity contribution >= 4 is 11.9 Å². The first-order valence-corrected chi connectivity index (χ1v) is 8.46. The molecule has 1 aromatic rings. The first kappa shape index (κ1) is 17.5. The number of hydrogen-bond acceptors (Lipinski definition) is 3. The zero-order chi connectivity index (χ0) is 16.8. The number of benzene rings is 1. The zero-order valence-electron chi connectivity index (χ0n) is 14.2. The number of nitrogens with one attached hydrogen (secondary N) is 1. The van der Waals surface area contributed by atoms with Gasteiger partial charge >= 0.3 is 5.97 Å². The van der Waals surface area contributed by atoms with Crippen LogP contribution in [0.15, 0.2) is 30.3 Å². The third kappa shape index (κ3) is 5.38. The van der Waals surface area contributed by atoms with E-state index in [9.17, 15) is 9.59 Å². The fourth-order valence-corrected chi connectivity index (χ4v) is 3.00. The van der Waals surface area contributed by atoms with Crippen molar-refractivity contribution in [2.75, 3.05) is 0 Å². The zero-order valence-corrected chi connectivity index (χ0v) is 14.2. The van der Waals surface area contributed by atoms with Crippen molar-refractivity contribution in [2.45, 2.75) is 52.7 Å². The highest BCUT2D eigenvalue weighted by Gasteiger charge is 2.37. The van der Waals surface area contributed by atoms with Crippen LogP contribution in [0.5, 0.6) is 0 Å². The van der Waals surface area contributed by atoms with Crippen LogP contribution in [0.4, 0.5) is 0 Å². The number of rotatable bonds is 7. The van der Waals surface area contributed by atoms with Crippen LogP contribution in [0.1, 0.15) is 45.6 Å². The molecule has 0 spiro atoms. The summed E-state index contributed by atoms with van der Waals surface area (Å²) in [6, 6.07) is 9.89. The standard InChI is InChI=1S/C19H27NO3/c1-13(2)20-18(21)14(3)9-16-10-17(11-16)19(22)23-12-15-7-5-4-6-8-15/h4-8,13-14,16-17H,9-12H2,1-3H3,(H,20,21)/t14-,16?,17?/m1/s1. The van der Waals surface area contributed by atoms with E-state index >= 15 is 0 Å². The van der Waals surface area contributed by atoms with Gasteiger partial charge in [0, 0.05) is 12.0 Å². The number of carbonyl (C=O) groups is 2. The SMILES string of the molecule is CC(C)NC(=O)[C@H](C)CC1CC(C(=O)OCc2ccccc2)C1. The smallest absolute Gasteiger partial charge is 0.309 e. The Morgan fingerprint density at radius 3 is 2.43 bits per heavy atom. The van der Waals surface area contributed by atoms with Gasteiger partial charge in [-0.3, -0.25) is 9.59 Å². The Morgan fingerprint density at radius 1 is 1.17 bits per heavy atom. The van der Waals surface area contributed by atoms with Crippen molar-refractivity contribution in [3.8, 4) is 0 Å². The molecule has 2 rings (SSSR count). The van der Waals surface area contributed by atoms with Gasteiger partial charge in [0.05, 0.1) is 5.92 Å². The van der Waals surface area contributed by atoms with Crippen molar-refractivity contribution in [3.05, 3.63) is 35.9 Å². The molecule has 0 heterocycles. The van der Waals surface area contributed by atoms with Gasteiger partial charge in [0.1, 0.15) is 6.61 Å². The van der Waals surface area contributed by atoms with E-state index in [0.29, 0.717) is 12.5 Å². The van der Waals surface area contributed by atoms with Gasteiger partial charge < -0.3 is 10.1 Å². The van der Waals surface area contributed by atoms with Crippen LogP contribution in [0.3, 0.4) is 0 Å². The summed E-state index contributed by atoms with van der Waals surface area (Å²) < 4.78 is 5.37. The molecule has 1 saturated carbocycles. The number of ether oxygens (including phenoxy) is 1. The molecule has 0 aromatic heterocycles. The molecule has 1 aromatic carbocycles. The predicted molar refractivity (Wildman–Crippen MR) is 89.5 cm³/mol. The summed E-state index contributed by atoms with van der Waals surface area (Å²) in [6.45, 7) is 6.23. The fraction of sp³-hybridized carbons (Fsp3) is 0.579. The van der Waals surface area contributed by atoms with Crippen molar-refractivity contribution in [1.82, 2.24) is 5.32 Å². The van der Waals surface area contributed by atoms with Crippen LogP contribution >= 0.6 is 0 Å². The molecule has 23 heavy (non-hydrogen) atoms. The molecule has 1 N–H and O–H groups in total. The second-order valence-electron chi connectivity index (χ2n) is 6.93. The highest BCUT2D eigenvalue weighted by molar-refractivity contribution is 5.78. The average molecular weight is 317 g/mol. The van der Waals surface area contributed by atoms with Crippen molar-refractivity contribution < 1.29 is 14.3 Å². The maximum absolute atomic E-state index is 12.0. The van der Waals surface area contributed by atoms with Gasteiger partial charge in [-0.15, -0.1) is 0 Å². The molecule has 0 radical (unpaired) electrons. The Labute approximate surface area is 138 Å². The van der Waals surface area contributed by atoms with Crippen LogP contribution in [-0.2, 0) is 20.9 Å². The predicted octanol–water partition coefficient (Wildman–Crippen LogP) is 3.31. The van der Waals surface area contributed by atoms with Gasteiger partial charge in [0.2, 0.25) is 5.91 Å². The lowest BCUT2D eigenvalue weighted by Gasteiger charge is -2.35. The quantitative estimate of drug-likeness (QED) is 0.785. The molecule has 0 saturated heterocycles. The Hall–Kier alpha value is -1.84. The van der Waals surface area contributed by atoms with E-state index in [4.69, 9.17) is 4.74 Å². The minimum absolute atomic E-state index is 0.00342. The van der Waals surface area contributed by atoms with E-state index in [1.165, 1.54) is 0 Å². The van der Waals surface area contributed by atoms with E-state index < -0.39 is 0 Å². The topological polar surface area (TPSA) is 55.4 Å². The number of hydrogen-bond donors (Lipinski definition) is 1. The summed E-state index contributed by atoms with van der Waals surface area (Å²) >= 11 is 0. The lowest BCUT2D eigenvalue weighted by atomic mass is 9.71. The van der Waals surface area contributed by atoms with Gasteiger partial charge in [0.25, 0.3) is 0 Å². The lowest BCUT2D eigenvalue weighted by molar-refractivity contribution is -0.155. The van der Waals surface area contributed by atoms with Gasteiger partial charge in [0.15, 0.2) is 0 Å². The third-order valence-corrected chi connectivity index (χ3v) is 4.36. The van der Waals surface area contributed by atoms with Crippen molar-refractivity contribution in [1.29, 1.82) is 0 Å². The van der Waals surface area contributed by atoms with E-state index in [1.54, 1.807) is 0 Å². The molecule has 1 amide bonds. The highest BCUT2D eigenvalue weighted by Crippen LogP contribution is 2.38. The average Bonchev–Trinajstić information content (AvgIpc) is 2.48. The number of amides is 1. The summed E-state index contributed by atoms with van der Waals surface area (Å²) in [5.41, 5.74) is 1.01. The minimum atomic E-state index is -0.107. The van der Waals surface area contributed by atoms with Crippen molar-refractivity contribution in [3.63, 3.8) is 0 Å². The van der Waals surface area contributed by atoms with Crippen LogP contribution in [-0.4, -0.2) is 17.9 Å². The monoisotopic (exact) mass is 317 g/mol. The Balaban J connectivity index is 1.66. The van der Waals surface area contributed by atoms with Gasteiger partial charge in [-0.2, -0.15) is 0 Å². The van der Waals surface area contributed by atoms with E-state index in [0.717, 1.165) is 24.8 Å². The maximum atomic E-state index is 12.0. The molecule has 4 heteroatoms. The molecular formula is C19H27NO3. The second-order valence-corrected chi connectivity index (χ2v) is 6.93. The Morgan fingerprint density at radius 2 is 1.83 bits per heavy atom. The molecule has 1 aliphatic rings. The first-order chi connectivity index (χ1) is 11.0. The summed E-state index contributed by atoms with van der Waals surface area (Å²) in [7, 11) is 0. The highest BCUT2D eigenvalue weighted by atomic mass is 16.5. The summed E-state index contributed by atoms with van der Waals surface area (Å²) in [5, 5.41) is 2.94. The summed E-state index contributed by atoms with van der Waals surface area (Å²) in [6.07, 6.45) is 2.53. The fourth-order valence-electron chi connectivity index (χ4n) is 3.00. The summed E-state index contributed by atoms with van der Waals surface area (Å²) in [4.78, 5) is 23.9. The van der Waals surface area contributed by atoms with Gasteiger partial charge in [-0.25, -0.2) is 0 Å². The van der Waals surface area contributed by atoms with E-state index in [1.807, 2.05) is 51.1 Å². The molecule has 0 unspecified atom stereocenters. The molecule has 4 nitrogen and oxygen atoms in total. The molecule has 1 fully saturated rings. The normalized spacial score (nSPS) is 21.4. The number of carbonyl (C=O) groups excluding carboxylic acids is 2. The Kier molecular flexibility index (Phi) is 6.20. The molecule has 126 valence electrons. The minimum Gasteiger partial charge on any atom is -0.461 e. The molecule has 0 aliphatic heterocycles. The Bertz CT molecular complexity index is 521. The largest absolute Gasteiger partial charge is 0.461 e. The van der Waals surface area contributed by atoms with Gasteiger partial charge in [-0.05, 0) is 44.6 Å². The van der Waals surface area contributed by atoms with Crippen LogP contribution in [0.2, 0.25) is 0 Å². The molecule has 0 bridgehead atoms.